The smallest absolute Gasteiger partial charge is 0.305 e. The van der Waals surface area contributed by atoms with E-state index in [4.69, 9.17) is 9.47 Å². The maximum absolute atomic E-state index is 13.3. The number of carboxylic acid groups (broad SMARTS) is 1. The van der Waals surface area contributed by atoms with E-state index in [2.05, 4.69) is 29.2 Å². The van der Waals surface area contributed by atoms with Gasteiger partial charge >= 0.3 is 5.97 Å². The standard InChI is InChI=1S/C26H28INO6/c1-3-12-34-26-16(27)13-15(14-21(26)33-2)23-24-17(6-4-8-19(24)29)28(11-10-22(31)32)18-7-5-9-20(30)25(18)23/h3,13-14,23H,1,4-12H2,2H3,(H,31,32). The van der Waals surface area contributed by atoms with Crippen LogP contribution < -0.4 is 9.47 Å². The number of allylic oxidation sites excluding steroid dienone is 4. The monoisotopic (exact) mass is 577 g/mol. The summed E-state index contributed by atoms with van der Waals surface area (Å²) in [5, 5.41) is 9.32. The van der Waals surface area contributed by atoms with Crippen LogP contribution in [-0.2, 0) is 14.4 Å². The third kappa shape index (κ3) is 4.52. The molecular weight excluding hydrogens is 549 g/mol. The number of carbonyl (C=O) groups excluding carboxylic acids is 2. The number of hydrogen-bond acceptors (Lipinski definition) is 6. The van der Waals surface area contributed by atoms with Gasteiger partial charge in [0.25, 0.3) is 0 Å². The molecule has 0 fully saturated rings. The predicted octanol–water partition coefficient (Wildman–Crippen LogP) is 4.75. The van der Waals surface area contributed by atoms with Crippen LogP contribution in [0, 0.1) is 3.57 Å². The molecule has 180 valence electrons. The molecule has 0 radical (unpaired) electrons. The molecule has 0 amide bonds. The van der Waals surface area contributed by atoms with E-state index in [9.17, 15) is 19.5 Å². The quantitative estimate of drug-likeness (QED) is 0.352. The van der Waals surface area contributed by atoms with Gasteiger partial charge in [-0.15, -0.1) is 0 Å². The predicted molar refractivity (Wildman–Crippen MR) is 135 cm³/mol. The van der Waals surface area contributed by atoms with Crippen molar-refractivity contribution >= 4 is 40.1 Å². The summed E-state index contributed by atoms with van der Waals surface area (Å²) in [7, 11) is 1.57. The molecule has 7 nitrogen and oxygen atoms in total. The first kappa shape index (κ1) is 24.5. The van der Waals surface area contributed by atoms with E-state index in [0.717, 1.165) is 33.4 Å². The normalized spacial score (nSPS) is 18.6. The number of Topliss-reactive ketones (excluding diaryl/α,β-unsaturated/α-hetero) is 2. The Hall–Kier alpha value is -2.62. The molecule has 1 N–H and O–H groups in total. The molecular formula is C26H28INO6. The first-order valence-electron chi connectivity index (χ1n) is 11.5. The first-order chi connectivity index (χ1) is 16.4. The average molecular weight is 577 g/mol. The van der Waals surface area contributed by atoms with Crippen molar-refractivity contribution in [2.45, 2.75) is 50.9 Å². The molecule has 1 aromatic carbocycles. The Bertz CT molecular complexity index is 1070. The molecule has 0 saturated carbocycles. The Balaban J connectivity index is 1.91. The van der Waals surface area contributed by atoms with Gasteiger partial charge in [0.15, 0.2) is 23.1 Å². The van der Waals surface area contributed by atoms with Gasteiger partial charge in [-0.05, 0) is 66.0 Å². The molecule has 2 aliphatic carbocycles. The number of carbonyl (C=O) groups is 3. The van der Waals surface area contributed by atoms with Crippen LogP contribution in [0.2, 0.25) is 0 Å². The summed E-state index contributed by atoms with van der Waals surface area (Å²) in [4.78, 5) is 40.0. The number of ether oxygens (including phenoxy) is 2. The minimum Gasteiger partial charge on any atom is -0.493 e. The van der Waals surface area contributed by atoms with Crippen LogP contribution in [0.25, 0.3) is 0 Å². The molecule has 0 bridgehead atoms. The molecule has 0 atom stereocenters. The molecule has 0 unspecified atom stereocenters. The van der Waals surface area contributed by atoms with Crippen molar-refractivity contribution in [3.05, 3.63) is 56.5 Å². The lowest BCUT2D eigenvalue weighted by atomic mass is 9.71. The lowest BCUT2D eigenvalue weighted by Crippen LogP contribution is -2.40. The molecule has 1 aliphatic heterocycles. The minimum atomic E-state index is -0.898. The highest BCUT2D eigenvalue weighted by molar-refractivity contribution is 14.1. The Labute approximate surface area is 212 Å². The molecule has 0 saturated heterocycles. The molecule has 1 aromatic rings. The van der Waals surface area contributed by atoms with E-state index in [-0.39, 0.29) is 24.5 Å². The van der Waals surface area contributed by atoms with Gasteiger partial charge in [0.1, 0.15) is 6.61 Å². The van der Waals surface area contributed by atoms with E-state index in [0.29, 0.717) is 54.9 Å². The van der Waals surface area contributed by atoms with Crippen LogP contribution in [-0.4, -0.2) is 47.8 Å². The third-order valence-electron chi connectivity index (χ3n) is 6.57. The van der Waals surface area contributed by atoms with Crippen molar-refractivity contribution in [3.63, 3.8) is 0 Å². The number of nitrogens with zero attached hydrogens (tertiary/aromatic N) is 1. The topological polar surface area (TPSA) is 93.1 Å². The van der Waals surface area contributed by atoms with Crippen LogP contribution in [0.3, 0.4) is 0 Å². The Morgan fingerprint density at radius 2 is 1.76 bits per heavy atom. The fourth-order valence-electron chi connectivity index (χ4n) is 5.22. The Morgan fingerprint density at radius 1 is 1.15 bits per heavy atom. The number of halogens is 1. The molecule has 34 heavy (non-hydrogen) atoms. The average Bonchev–Trinajstić information content (AvgIpc) is 2.81. The summed E-state index contributed by atoms with van der Waals surface area (Å²) in [6.45, 7) is 4.28. The Morgan fingerprint density at radius 3 is 2.29 bits per heavy atom. The largest absolute Gasteiger partial charge is 0.493 e. The number of aliphatic carboxylic acids is 1. The molecule has 3 aliphatic rings. The second kappa shape index (κ2) is 10.3. The highest BCUT2D eigenvalue weighted by atomic mass is 127. The SMILES string of the molecule is C=CCOc1c(I)cc(C2C3=C(CCCC3=O)N(CCC(=O)O)C3=C2C(=O)CCC3)cc1OC. The van der Waals surface area contributed by atoms with Gasteiger partial charge in [-0.2, -0.15) is 0 Å². The van der Waals surface area contributed by atoms with Crippen LogP contribution in [0.15, 0.2) is 47.3 Å². The van der Waals surface area contributed by atoms with Gasteiger partial charge in [0.05, 0.1) is 17.1 Å². The van der Waals surface area contributed by atoms with E-state index in [1.165, 1.54) is 0 Å². The number of methoxy groups -OCH3 is 1. The molecule has 0 aromatic heterocycles. The highest BCUT2D eigenvalue weighted by Gasteiger charge is 2.43. The van der Waals surface area contributed by atoms with Crippen molar-refractivity contribution in [1.29, 1.82) is 0 Å². The van der Waals surface area contributed by atoms with Crippen LogP contribution in [0.4, 0.5) is 0 Å². The number of benzene rings is 1. The lowest BCUT2D eigenvalue weighted by molar-refractivity contribution is -0.137. The van der Waals surface area contributed by atoms with Crippen LogP contribution in [0.1, 0.15) is 56.4 Å². The summed E-state index contributed by atoms with van der Waals surface area (Å²) in [6.07, 6.45) is 5.28. The highest BCUT2D eigenvalue weighted by Crippen LogP contribution is 2.50. The summed E-state index contributed by atoms with van der Waals surface area (Å²) >= 11 is 2.18. The summed E-state index contributed by atoms with van der Waals surface area (Å²) in [5.41, 5.74) is 3.82. The zero-order valence-corrected chi connectivity index (χ0v) is 21.4. The zero-order valence-electron chi connectivity index (χ0n) is 19.2. The lowest BCUT2D eigenvalue weighted by Gasteiger charge is -2.44. The van der Waals surface area contributed by atoms with Crippen molar-refractivity contribution in [2.75, 3.05) is 20.3 Å². The van der Waals surface area contributed by atoms with Gasteiger partial charge in [0, 0.05) is 47.8 Å². The van der Waals surface area contributed by atoms with E-state index >= 15 is 0 Å². The van der Waals surface area contributed by atoms with Crippen LogP contribution in [0.5, 0.6) is 11.5 Å². The first-order valence-corrected chi connectivity index (χ1v) is 12.6. The van der Waals surface area contributed by atoms with Gasteiger partial charge in [-0.25, -0.2) is 0 Å². The van der Waals surface area contributed by atoms with E-state index in [1.54, 1.807) is 13.2 Å². The summed E-state index contributed by atoms with van der Waals surface area (Å²) < 4.78 is 12.2. The van der Waals surface area contributed by atoms with Gasteiger partial charge in [-0.3, -0.25) is 14.4 Å². The summed E-state index contributed by atoms with van der Waals surface area (Å²) in [5.74, 6) is -0.200. The van der Waals surface area contributed by atoms with E-state index < -0.39 is 11.9 Å². The number of rotatable bonds is 8. The fourth-order valence-corrected chi connectivity index (χ4v) is 6.00. The van der Waals surface area contributed by atoms with Crippen molar-refractivity contribution in [3.8, 4) is 11.5 Å². The molecule has 8 heteroatoms. The maximum Gasteiger partial charge on any atom is 0.305 e. The summed E-state index contributed by atoms with van der Waals surface area (Å²) in [6, 6.07) is 3.81. The molecule has 4 rings (SSSR count). The molecule has 0 spiro atoms. The number of ketones is 2. The number of hydrogen-bond donors (Lipinski definition) is 1. The third-order valence-corrected chi connectivity index (χ3v) is 7.37. The second-order valence-corrected chi connectivity index (χ2v) is 9.80. The molecule has 1 heterocycles. The maximum atomic E-state index is 13.3. The second-order valence-electron chi connectivity index (χ2n) is 8.64. The number of carboxylic acids is 1. The fraction of sp³-hybridized carbons (Fsp3) is 0.423. The van der Waals surface area contributed by atoms with Crippen LogP contribution >= 0.6 is 22.6 Å². The van der Waals surface area contributed by atoms with Gasteiger partial charge < -0.3 is 19.5 Å². The van der Waals surface area contributed by atoms with Crippen molar-refractivity contribution in [2.24, 2.45) is 0 Å². The van der Waals surface area contributed by atoms with Crippen molar-refractivity contribution < 1.29 is 29.0 Å². The van der Waals surface area contributed by atoms with Gasteiger partial charge in [0.2, 0.25) is 0 Å². The Kier molecular flexibility index (Phi) is 7.45. The van der Waals surface area contributed by atoms with E-state index in [1.807, 2.05) is 17.0 Å². The van der Waals surface area contributed by atoms with Gasteiger partial charge in [-0.1, -0.05) is 12.7 Å². The minimum absolute atomic E-state index is 0.0254. The van der Waals surface area contributed by atoms with Crippen molar-refractivity contribution in [1.82, 2.24) is 4.90 Å². The zero-order chi connectivity index (χ0) is 24.4.